The Hall–Kier alpha value is -2.08. The molecule has 0 atom stereocenters. The van der Waals surface area contributed by atoms with Gasteiger partial charge in [-0.15, -0.1) is 0 Å². The number of nitrogens with zero attached hydrogens (tertiary/aromatic N) is 1. The number of hydrogen-bond acceptors (Lipinski definition) is 5. The highest BCUT2D eigenvalue weighted by atomic mass is 35.5. The topological polar surface area (TPSA) is 81.3 Å². The van der Waals surface area contributed by atoms with Crippen molar-refractivity contribution in [1.82, 2.24) is 9.97 Å². The number of nitrogens with one attached hydrogen (secondary N) is 1. The summed E-state index contributed by atoms with van der Waals surface area (Å²) in [6, 6.07) is 3.21. The van der Waals surface area contributed by atoms with Crippen LogP contribution < -0.4 is 0 Å². The average molecular weight is 283 g/mol. The van der Waals surface area contributed by atoms with Crippen LogP contribution in [-0.4, -0.2) is 36.1 Å². The normalized spacial score (nSPS) is 10.5. The van der Waals surface area contributed by atoms with Gasteiger partial charge in [0.05, 0.1) is 26.2 Å². The summed E-state index contributed by atoms with van der Waals surface area (Å²) in [4.78, 5) is 30.1. The molecule has 0 saturated carbocycles. The fraction of sp³-hybridized carbons (Fsp3) is 0.250. The highest BCUT2D eigenvalue weighted by Gasteiger charge is 2.21. The summed E-state index contributed by atoms with van der Waals surface area (Å²) in [5.74, 6) is -1.02. The van der Waals surface area contributed by atoms with Crippen molar-refractivity contribution >= 4 is 34.6 Å². The summed E-state index contributed by atoms with van der Waals surface area (Å²) in [6.07, 6.45) is -0.0745. The minimum absolute atomic E-state index is 0.0745. The van der Waals surface area contributed by atoms with Gasteiger partial charge in [0, 0.05) is 11.1 Å². The average Bonchev–Trinajstić information content (AvgIpc) is 2.74. The van der Waals surface area contributed by atoms with Crippen LogP contribution >= 0.6 is 11.6 Å². The molecule has 7 heteroatoms. The molecule has 0 spiro atoms. The van der Waals surface area contributed by atoms with Gasteiger partial charge in [0.25, 0.3) is 0 Å². The summed E-state index contributed by atoms with van der Waals surface area (Å²) >= 11 is 5.79. The largest absolute Gasteiger partial charge is 0.469 e. The van der Waals surface area contributed by atoms with E-state index in [1.807, 2.05) is 0 Å². The van der Waals surface area contributed by atoms with Crippen LogP contribution in [0.25, 0.3) is 11.0 Å². The number of hydrogen-bond donors (Lipinski definition) is 1. The third-order valence-corrected chi connectivity index (χ3v) is 2.85. The van der Waals surface area contributed by atoms with Gasteiger partial charge in [0.2, 0.25) is 0 Å². The number of pyridine rings is 1. The zero-order valence-electron chi connectivity index (χ0n) is 10.3. The second kappa shape index (κ2) is 5.27. The Labute approximate surface area is 113 Å². The molecule has 2 aromatic rings. The quantitative estimate of drug-likeness (QED) is 0.685. The van der Waals surface area contributed by atoms with E-state index in [4.69, 9.17) is 16.3 Å². The summed E-state index contributed by atoms with van der Waals surface area (Å²) in [7, 11) is 2.55. The molecule has 2 heterocycles. The van der Waals surface area contributed by atoms with Crippen molar-refractivity contribution in [2.75, 3.05) is 14.2 Å². The van der Waals surface area contributed by atoms with Gasteiger partial charge in [-0.1, -0.05) is 11.6 Å². The van der Waals surface area contributed by atoms with Crippen LogP contribution in [0.2, 0.25) is 5.15 Å². The van der Waals surface area contributed by atoms with Crippen LogP contribution in [0.15, 0.2) is 12.1 Å². The molecule has 19 heavy (non-hydrogen) atoms. The molecule has 0 saturated heterocycles. The first-order chi connectivity index (χ1) is 9.06. The Kier molecular flexibility index (Phi) is 3.71. The first-order valence-electron chi connectivity index (χ1n) is 5.39. The Morgan fingerprint density at radius 2 is 2.05 bits per heavy atom. The van der Waals surface area contributed by atoms with Gasteiger partial charge in [0.1, 0.15) is 10.8 Å². The van der Waals surface area contributed by atoms with Gasteiger partial charge in [-0.2, -0.15) is 0 Å². The van der Waals surface area contributed by atoms with Crippen LogP contribution in [0.4, 0.5) is 0 Å². The maximum absolute atomic E-state index is 11.8. The summed E-state index contributed by atoms with van der Waals surface area (Å²) in [5, 5.41) is 0.838. The molecule has 0 aliphatic rings. The van der Waals surface area contributed by atoms with Crippen LogP contribution in [0.1, 0.15) is 16.1 Å². The van der Waals surface area contributed by atoms with E-state index in [0.717, 1.165) is 0 Å². The predicted molar refractivity (Wildman–Crippen MR) is 68.2 cm³/mol. The second-order valence-electron chi connectivity index (χ2n) is 3.75. The smallest absolute Gasteiger partial charge is 0.340 e. The number of aromatic nitrogens is 2. The van der Waals surface area contributed by atoms with E-state index < -0.39 is 11.9 Å². The molecule has 2 rings (SSSR count). The fourth-order valence-electron chi connectivity index (χ4n) is 1.78. The zero-order chi connectivity index (χ0) is 14.0. The van der Waals surface area contributed by atoms with Crippen molar-refractivity contribution in [3.63, 3.8) is 0 Å². The standard InChI is InChI=1S/C12H11ClN2O4/c1-18-9(16)5-7-10(12(17)19-2)6-3-4-8(13)15-11(6)14-7/h3-4H,5H2,1-2H3,(H,14,15). The number of methoxy groups -OCH3 is 2. The predicted octanol–water partition coefficient (Wildman–Crippen LogP) is 1.72. The van der Waals surface area contributed by atoms with Crippen molar-refractivity contribution in [1.29, 1.82) is 0 Å². The van der Waals surface area contributed by atoms with Crippen molar-refractivity contribution in [3.05, 3.63) is 28.5 Å². The number of aromatic amines is 1. The van der Waals surface area contributed by atoms with Gasteiger partial charge in [-0.25, -0.2) is 9.78 Å². The third kappa shape index (κ3) is 2.53. The molecule has 0 bridgehead atoms. The number of carbonyl (C=O) groups is 2. The number of H-pyrrole nitrogens is 1. The first-order valence-corrected chi connectivity index (χ1v) is 5.76. The minimum atomic E-state index is -0.547. The molecular formula is C12H11ClN2O4. The van der Waals surface area contributed by atoms with Crippen LogP contribution in [0.5, 0.6) is 0 Å². The first kappa shape index (κ1) is 13.4. The summed E-state index contributed by atoms with van der Waals surface area (Å²) in [6.45, 7) is 0. The lowest BCUT2D eigenvalue weighted by molar-refractivity contribution is -0.139. The fourth-order valence-corrected chi connectivity index (χ4v) is 1.93. The van der Waals surface area contributed by atoms with Gasteiger partial charge >= 0.3 is 11.9 Å². The SMILES string of the molecule is COC(=O)Cc1[nH]c2nc(Cl)ccc2c1C(=O)OC. The van der Waals surface area contributed by atoms with E-state index in [1.54, 1.807) is 12.1 Å². The third-order valence-electron chi connectivity index (χ3n) is 2.64. The lowest BCUT2D eigenvalue weighted by Crippen LogP contribution is -2.10. The van der Waals surface area contributed by atoms with Crippen LogP contribution in [0, 0.1) is 0 Å². The lowest BCUT2D eigenvalue weighted by atomic mass is 10.1. The Balaban J connectivity index is 2.60. The molecule has 2 aromatic heterocycles. The minimum Gasteiger partial charge on any atom is -0.469 e. The van der Waals surface area contributed by atoms with E-state index in [9.17, 15) is 9.59 Å². The molecular weight excluding hydrogens is 272 g/mol. The maximum Gasteiger partial charge on any atom is 0.340 e. The number of fused-ring (bicyclic) bond motifs is 1. The van der Waals surface area contributed by atoms with E-state index in [2.05, 4.69) is 14.7 Å². The Morgan fingerprint density at radius 1 is 1.32 bits per heavy atom. The van der Waals surface area contributed by atoms with Crippen molar-refractivity contribution in [2.45, 2.75) is 6.42 Å². The summed E-state index contributed by atoms with van der Waals surface area (Å²) in [5.41, 5.74) is 1.09. The lowest BCUT2D eigenvalue weighted by Gasteiger charge is -2.01. The van der Waals surface area contributed by atoms with Gasteiger partial charge in [-0.05, 0) is 12.1 Å². The van der Waals surface area contributed by atoms with E-state index in [1.165, 1.54) is 14.2 Å². The summed E-state index contributed by atoms with van der Waals surface area (Å²) < 4.78 is 9.30. The monoisotopic (exact) mass is 282 g/mol. The number of halogens is 1. The van der Waals surface area contributed by atoms with Gasteiger partial charge < -0.3 is 14.5 Å². The number of ether oxygens (including phenoxy) is 2. The van der Waals surface area contributed by atoms with Crippen LogP contribution in [0.3, 0.4) is 0 Å². The molecule has 0 unspecified atom stereocenters. The van der Waals surface area contributed by atoms with Crippen molar-refractivity contribution < 1.29 is 19.1 Å². The number of esters is 2. The molecule has 1 N–H and O–H groups in total. The highest BCUT2D eigenvalue weighted by molar-refractivity contribution is 6.29. The molecule has 100 valence electrons. The van der Waals surface area contributed by atoms with Gasteiger partial charge in [-0.3, -0.25) is 4.79 Å². The molecule has 0 aliphatic heterocycles. The Morgan fingerprint density at radius 3 is 2.68 bits per heavy atom. The second-order valence-corrected chi connectivity index (χ2v) is 4.14. The Bertz CT molecular complexity index is 650. The van der Waals surface area contributed by atoms with E-state index in [-0.39, 0.29) is 17.1 Å². The van der Waals surface area contributed by atoms with Crippen molar-refractivity contribution in [2.24, 2.45) is 0 Å². The van der Waals surface area contributed by atoms with E-state index >= 15 is 0 Å². The molecule has 6 nitrogen and oxygen atoms in total. The molecule has 0 amide bonds. The van der Waals surface area contributed by atoms with E-state index in [0.29, 0.717) is 16.7 Å². The number of carbonyl (C=O) groups excluding carboxylic acids is 2. The molecule has 0 radical (unpaired) electrons. The number of rotatable bonds is 3. The maximum atomic E-state index is 11.8. The molecule has 0 aliphatic carbocycles. The zero-order valence-corrected chi connectivity index (χ0v) is 11.1. The highest BCUT2D eigenvalue weighted by Crippen LogP contribution is 2.24. The van der Waals surface area contributed by atoms with Gasteiger partial charge in [0.15, 0.2) is 0 Å². The molecule has 0 fully saturated rings. The van der Waals surface area contributed by atoms with Crippen LogP contribution in [-0.2, 0) is 20.7 Å². The molecule has 0 aromatic carbocycles. The van der Waals surface area contributed by atoms with Crippen molar-refractivity contribution in [3.8, 4) is 0 Å².